The minimum Gasteiger partial charge on any atom is -0.299 e. The first-order chi connectivity index (χ1) is 11.1. The SMILES string of the molecule is CC1(C)C(Cc2ccccc2)C(=O)CCN1Cc1ccccc1. The molecule has 0 aromatic heterocycles. The summed E-state index contributed by atoms with van der Waals surface area (Å²) in [5.41, 5.74) is 2.44. The van der Waals surface area contributed by atoms with Gasteiger partial charge in [0.2, 0.25) is 0 Å². The van der Waals surface area contributed by atoms with Crippen LogP contribution in [0.3, 0.4) is 0 Å². The van der Waals surface area contributed by atoms with E-state index in [2.05, 4.69) is 67.3 Å². The zero-order chi connectivity index (χ0) is 16.3. The van der Waals surface area contributed by atoms with Gasteiger partial charge in [-0.3, -0.25) is 9.69 Å². The van der Waals surface area contributed by atoms with Crippen molar-refractivity contribution in [3.63, 3.8) is 0 Å². The van der Waals surface area contributed by atoms with Gasteiger partial charge in [0.1, 0.15) is 5.78 Å². The lowest BCUT2D eigenvalue weighted by Gasteiger charge is -2.47. The van der Waals surface area contributed by atoms with Crippen molar-refractivity contribution < 1.29 is 4.79 Å². The van der Waals surface area contributed by atoms with E-state index >= 15 is 0 Å². The number of carbonyl (C=O) groups is 1. The summed E-state index contributed by atoms with van der Waals surface area (Å²) >= 11 is 0. The highest BCUT2D eigenvalue weighted by atomic mass is 16.1. The van der Waals surface area contributed by atoms with Crippen LogP contribution in [0, 0.1) is 5.92 Å². The molecule has 23 heavy (non-hydrogen) atoms. The van der Waals surface area contributed by atoms with E-state index in [9.17, 15) is 4.79 Å². The monoisotopic (exact) mass is 307 g/mol. The number of carbonyl (C=O) groups excluding carboxylic acids is 1. The van der Waals surface area contributed by atoms with Crippen molar-refractivity contribution in [2.24, 2.45) is 5.92 Å². The van der Waals surface area contributed by atoms with Crippen LogP contribution >= 0.6 is 0 Å². The average molecular weight is 307 g/mol. The quantitative estimate of drug-likeness (QED) is 0.847. The van der Waals surface area contributed by atoms with Gasteiger partial charge in [-0.2, -0.15) is 0 Å². The predicted molar refractivity (Wildman–Crippen MR) is 94.2 cm³/mol. The minimum absolute atomic E-state index is 0.0577. The van der Waals surface area contributed by atoms with Gasteiger partial charge >= 0.3 is 0 Å². The number of benzene rings is 2. The van der Waals surface area contributed by atoms with Gasteiger partial charge in [-0.1, -0.05) is 60.7 Å². The Morgan fingerprint density at radius 1 is 0.957 bits per heavy atom. The molecule has 2 aromatic carbocycles. The maximum Gasteiger partial charge on any atom is 0.139 e. The van der Waals surface area contributed by atoms with E-state index in [1.807, 2.05) is 12.1 Å². The molecule has 1 unspecified atom stereocenters. The number of hydrogen-bond acceptors (Lipinski definition) is 2. The second-order valence-electron chi connectivity index (χ2n) is 7.02. The molecule has 1 aliphatic heterocycles. The van der Waals surface area contributed by atoms with Crippen molar-refractivity contribution >= 4 is 5.78 Å². The van der Waals surface area contributed by atoms with Crippen molar-refractivity contribution in [3.05, 3.63) is 71.8 Å². The first-order valence-corrected chi connectivity index (χ1v) is 8.43. The van der Waals surface area contributed by atoms with Crippen molar-refractivity contribution in [3.8, 4) is 0 Å². The Morgan fingerprint density at radius 3 is 2.13 bits per heavy atom. The second-order valence-corrected chi connectivity index (χ2v) is 7.02. The van der Waals surface area contributed by atoms with Gasteiger partial charge in [0, 0.05) is 31.0 Å². The summed E-state index contributed by atoms with van der Waals surface area (Å²) in [7, 11) is 0. The number of likely N-dealkylation sites (tertiary alicyclic amines) is 1. The highest BCUT2D eigenvalue weighted by Crippen LogP contribution is 2.34. The Kier molecular flexibility index (Phi) is 4.63. The van der Waals surface area contributed by atoms with Gasteiger partial charge in [-0.15, -0.1) is 0 Å². The molecule has 2 aromatic rings. The Balaban J connectivity index is 1.79. The van der Waals surface area contributed by atoms with Gasteiger partial charge in [0.25, 0.3) is 0 Å². The molecule has 3 rings (SSSR count). The normalized spacial score (nSPS) is 21.3. The van der Waals surface area contributed by atoms with Crippen LogP contribution < -0.4 is 0 Å². The summed E-state index contributed by atoms with van der Waals surface area (Å²) in [5, 5.41) is 0. The topological polar surface area (TPSA) is 20.3 Å². The molecule has 0 bridgehead atoms. The molecular formula is C21H25NO. The summed E-state index contributed by atoms with van der Waals surface area (Å²) in [4.78, 5) is 15.1. The smallest absolute Gasteiger partial charge is 0.139 e. The van der Waals surface area contributed by atoms with E-state index in [1.54, 1.807) is 0 Å². The standard InChI is InChI=1S/C21H25NO/c1-21(2)19(15-17-9-5-3-6-10-17)20(23)13-14-22(21)16-18-11-7-4-8-12-18/h3-12,19H,13-16H2,1-2H3. The van der Waals surface area contributed by atoms with Crippen LogP contribution in [-0.4, -0.2) is 22.8 Å². The molecule has 0 amide bonds. The van der Waals surface area contributed by atoms with E-state index < -0.39 is 0 Å². The van der Waals surface area contributed by atoms with E-state index in [1.165, 1.54) is 11.1 Å². The average Bonchev–Trinajstić information content (AvgIpc) is 2.56. The molecular weight excluding hydrogens is 282 g/mol. The molecule has 120 valence electrons. The fourth-order valence-corrected chi connectivity index (χ4v) is 3.62. The highest BCUT2D eigenvalue weighted by Gasteiger charge is 2.43. The Labute approximate surface area is 139 Å². The molecule has 1 atom stereocenters. The van der Waals surface area contributed by atoms with Crippen molar-refractivity contribution in [2.45, 2.75) is 38.8 Å². The Morgan fingerprint density at radius 2 is 1.52 bits per heavy atom. The minimum atomic E-state index is -0.124. The molecule has 2 heteroatoms. The number of hydrogen-bond donors (Lipinski definition) is 0. The van der Waals surface area contributed by atoms with Crippen LogP contribution in [0.5, 0.6) is 0 Å². The first kappa shape index (κ1) is 15.9. The van der Waals surface area contributed by atoms with Crippen LogP contribution in [-0.2, 0) is 17.8 Å². The molecule has 0 saturated carbocycles. The second kappa shape index (κ2) is 6.67. The van der Waals surface area contributed by atoms with Gasteiger partial charge in [-0.05, 0) is 31.4 Å². The van der Waals surface area contributed by atoms with Crippen LogP contribution in [0.15, 0.2) is 60.7 Å². The Bertz CT molecular complexity index is 648. The molecule has 0 N–H and O–H groups in total. The maximum absolute atomic E-state index is 12.6. The number of Topliss-reactive ketones (excluding diaryl/α,β-unsaturated/α-hetero) is 1. The third kappa shape index (κ3) is 3.53. The van der Waals surface area contributed by atoms with Crippen molar-refractivity contribution in [1.82, 2.24) is 4.90 Å². The number of rotatable bonds is 4. The van der Waals surface area contributed by atoms with Gasteiger partial charge < -0.3 is 0 Å². The van der Waals surface area contributed by atoms with Crippen LogP contribution in [0.2, 0.25) is 0 Å². The number of nitrogens with zero attached hydrogens (tertiary/aromatic N) is 1. The molecule has 0 aliphatic carbocycles. The van der Waals surface area contributed by atoms with Crippen molar-refractivity contribution in [1.29, 1.82) is 0 Å². The van der Waals surface area contributed by atoms with Crippen LogP contribution in [0.25, 0.3) is 0 Å². The highest BCUT2D eigenvalue weighted by molar-refractivity contribution is 5.83. The Hall–Kier alpha value is -1.93. The lowest BCUT2D eigenvalue weighted by molar-refractivity contribution is -0.133. The largest absolute Gasteiger partial charge is 0.299 e. The van der Waals surface area contributed by atoms with Crippen LogP contribution in [0.4, 0.5) is 0 Å². The first-order valence-electron chi connectivity index (χ1n) is 8.43. The van der Waals surface area contributed by atoms with E-state index in [0.29, 0.717) is 12.2 Å². The number of ketones is 1. The molecule has 0 spiro atoms. The van der Waals surface area contributed by atoms with Crippen molar-refractivity contribution in [2.75, 3.05) is 6.54 Å². The van der Waals surface area contributed by atoms with E-state index in [0.717, 1.165) is 19.5 Å². The number of piperidine rings is 1. The molecule has 2 nitrogen and oxygen atoms in total. The van der Waals surface area contributed by atoms with Gasteiger partial charge in [0.05, 0.1) is 0 Å². The lowest BCUT2D eigenvalue weighted by Crippen LogP contribution is -2.56. The maximum atomic E-state index is 12.6. The summed E-state index contributed by atoms with van der Waals surface area (Å²) in [6.07, 6.45) is 1.49. The molecule has 1 aliphatic rings. The summed E-state index contributed by atoms with van der Waals surface area (Å²) in [6, 6.07) is 20.9. The van der Waals surface area contributed by atoms with E-state index in [4.69, 9.17) is 0 Å². The molecule has 1 heterocycles. The fourth-order valence-electron chi connectivity index (χ4n) is 3.62. The molecule has 1 saturated heterocycles. The molecule has 1 fully saturated rings. The van der Waals surface area contributed by atoms with Gasteiger partial charge in [0.15, 0.2) is 0 Å². The summed E-state index contributed by atoms with van der Waals surface area (Å²) < 4.78 is 0. The van der Waals surface area contributed by atoms with Gasteiger partial charge in [-0.25, -0.2) is 0 Å². The summed E-state index contributed by atoms with van der Waals surface area (Å²) in [5.74, 6) is 0.463. The fraction of sp³-hybridized carbons (Fsp3) is 0.381. The molecule has 0 radical (unpaired) electrons. The zero-order valence-electron chi connectivity index (χ0n) is 14.0. The summed E-state index contributed by atoms with van der Waals surface area (Å²) in [6.45, 7) is 6.21. The third-order valence-electron chi connectivity index (χ3n) is 5.18. The lowest BCUT2D eigenvalue weighted by atomic mass is 9.74. The third-order valence-corrected chi connectivity index (χ3v) is 5.18. The predicted octanol–water partition coefficient (Wildman–Crippen LogP) is 4.10. The van der Waals surface area contributed by atoms with E-state index in [-0.39, 0.29) is 11.5 Å². The zero-order valence-corrected chi connectivity index (χ0v) is 14.0. The van der Waals surface area contributed by atoms with Crippen LogP contribution in [0.1, 0.15) is 31.4 Å².